The number of ether oxygens (including phenoxy) is 1. The molecule has 102 valence electrons. The lowest BCUT2D eigenvalue weighted by molar-refractivity contribution is -0.152. The molecule has 3 nitrogen and oxygen atoms in total. The van der Waals surface area contributed by atoms with E-state index in [1.54, 1.807) is 32.0 Å². The van der Waals surface area contributed by atoms with E-state index in [0.717, 1.165) is 0 Å². The Morgan fingerprint density at radius 1 is 1.28 bits per heavy atom. The quantitative estimate of drug-likeness (QED) is 0.867. The Balaban J connectivity index is 0.00000289. The maximum absolute atomic E-state index is 11.6. The number of nitrogens with two attached hydrogens (primary N) is 1. The molecule has 0 heterocycles. The van der Waals surface area contributed by atoms with Crippen LogP contribution in [0.15, 0.2) is 18.2 Å². The van der Waals surface area contributed by atoms with Crippen LogP contribution in [-0.4, -0.2) is 13.1 Å². The molecule has 0 radical (unpaired) electrons. The van der Waals surface area contributed by atoms with Crippen LogP contribution >= 0.6 is 35.6 Å². The second-order valence-electron chi connectivity index (χ2n) is 4.39. The van der Waals surface area contributed by atoms with Gasteiger partial charge >= 0.3 is 5.97 Å². The summed E-state index contributed by atoms with van der Waals surface area (Å²) in [5.41, 5.74) is 5.93. The van der Waals surface area contributed by atoms with Crippen molar-refractivity contribution in [3.05, 3.63) is 33.8 Å². The van der Waals surface area contributed by atoms with E-state index in [-0.39, 0.29) is 18.4 Å². The zero-order valence-corrected chi connectivity index (χ0v) is 12.7. The molecule has 1 atom stereocenters. The summed E-state index contributed by atoms with van der Waals surface area (Å²) >= 11 is 11.8. The first-order valence-corrected chi connectivity index (χ1v) is 5.84. The van der Waals surface area contributed by atoms with Crippen molar-refractivity contribution in [3.63, 3.8) is 0 Å². The Morgan fingerprint density at radius 3 is 2.11 bits per heavy atom. The summed E-state index contributed by atoms with van der Waals surface area (Å²) in [4.78, 5) is 11.6. The van der Waals surface area contributed by atoms with Crippen LogP contribution in [0.25, 0.3) is 0 Å². The van der Waals surface area contributed by atoms with E-state index in [4.69, 9.17) is 33.7 Å². The van der Waals surface area contributed by atoms with E-state index < -0.39 is 11.5 Å². The summed E-state index contributed by atoms with van der Waals surface area (Å²) in [5, 5.41) is 0.979. The molecular formula is C12H16Cl3NO2. The highest BCUT2D eigenvalue weighted by Crippen LogP contribution is 2.34. The number of halogens is 3. The number of carbonyl (C=O) groups is 1. The smallest absolute Gasteiger partial charge is 0.313 e. The highest BCUT2D eigenvalue weighted by molar-refractivity contribution is 6.34. The van der Waals surface area contributed by atoms with Gasteiger partial charge in [-0.05, 0) is 37.6 Å². The lowest BCUT2D eigenvalue weighted by Crippen LogP contribution is -2.37. The van der Waals surface area contributed by atoms with Crippen LogP contribution in [0.3, 0.4) is 0 Å². The third-order valence-corrected chi connectivity index (χ3v) is 3.17. The Morgan fingerprint density at radius 2 is 1.72 bits per heavy atom. The number of hydrogen-bond acceptors (Lipinski definition) is 3. The van der Waals surface area contributed by atoms with Crippen molar-refractivity contribution in [2.75, 3.05) is 7.11 Å². The van der Waals surface area contributed by atoms with E-state index in [9.17, 15) is 4.79 Å². The third-order valence-electron chi connectivity index (χ3n) is 2.73. The summed E-state index contributed by atoms with van der Waals surface area (Å²) in [6.45, 7) is 3.44. The molecular weight excluding hydrogens is 296 g/mol. The SMILES string of the molecule is COC(=O)C(C)(C)[C@@H](N)c1cc(Cl)cc(Cl)c1.Cl. The molecule has 18 heavy (non-hydrogen) atoms. The van der Waals surface area contributed by atoms with Gasteiger partial charge < -0.3 is 10.5 Å². The predicted octanol–water partition coefficient (Wildman–Crippen LogP) is 3.61. The molecule has 0 aliphatic rings. The summed E-state index contributed by atoms with van der Waals surface area (Å²) in [6, 6.07) is 4.47. The minimum absolute atomic E-state index is 0. The number of rotatable bonds is 3. The molecule has 2 N–H and O–H groups in total. The molecule has 0 unspecified atom stereocenters. The van der Waals surface area contributed by atoms with Gasteiger partial charge in [0.25, 0.3) is 0 Å². The van der Waals surface area contributed by atoms with Crippen molar-refractivity contribution in [2.24, 2.45) is 11.1 Å². The van der Waals surface area contributed by atoms with Crippen molar-refractivity contribution >= 4 is 41.6 Å². The first-order chi connectivity index (χ1) is 7.78. The topological polar surface area (TPSA) is 52.3 Å². The van der Waals surface area contributed by atoms with Gasteiger partial charge in [-0.25, -0.2) is 0 Å². The van der Waals surface area contributed by atoms with Crippen LogP contribution in [0, 0.1) is 5.41 Å². The van der Waals surface area contributed by atoms with E-state index in [0.29, 0.717) is 15.6 Å². The lowest BCUT2D eigenvalue weighted by atomic mass is 9.81. The highest BCUT2D eigenvalue weighted by atomic mass is 35.5. The highest BCUT2D eigenvalue weighted by Gasteiger charge is 2.36. The van der Waals surface area contributed by atoms with E-state index >= 15 is 0 Å². The van der Waals surface area contributed by atoms with Gasteiger partial charge in [0.1, 0.15) is 0 Å². The molecule has 0 aliphatic heterocycles. The first-order valence-electron chi connectivity index (χ1n) is 5.09. The summed E-state index contributed by atoms with van der Waals surface area (Å²) in [5.74, 6) is -0.374. The van der Waals surface area contributed by atoms with Crippen molar-refractivity contribution in [3.8, 4) is 0 Å². The second-order valence-corrected chi connectivity index (χ2v) is 5.27. The Kier molecular flexibility index (Phi) is 6.44. The molecule has 6 heteroatoms. The van der Waals surface area contributed by atoms with Gasteiger partial charge in [0.2, 0.25) is 0 Å². The number of esters is 1. The number of benzene rings is 1. The van der Waals surface area contributed by atoms with Crippen LogP contribution in [0.2, 0.25) is 10.0 Å². The molecule has 0 amide bonds. The van der Waals surface area contributed by atoms with Gasteiger partial charge in [0, 0.05) is 16.1 Å². The summed E-state index contributed by atoms with van der Waals surface area (Å²) in [7, 11) is 1.34. The minimum atomic E-state index is -0.844. The minimum Gasteiger partial charge on any atom is -0.469 e. The van der Waals surface area contributed by atoms with E-state index in [2.05, 4.69) is 0 Å². The van der Waals surface area contributed by atoms with Crippen LogP contribution in [0.4, 0.5) is 0 Å². The third kappa shape index (κ3) is 3.75. The molecule has 0 saturated heterocycles. The first kappa shape index (κ1) is 17.5. The van der Waals surface area contributed by atoms with Gasteiger partial charge in [-0.3, -0.25) is 4.79 Å². The van der Waals surface area contributed by atoms with Crippen LogP contribution in [-0.2, 0) is 9.53 Å². The van der Waals surface area contributed by atoms with Crippen LogP contribution in [0.1, 0.15) is 25.5 Å². The van der Waals surface area contributed by atoms with E-state index in [1.165, 1.54) is 7.11 Å². The molecule has 0 bridgehead atoms. The number of methoxy groups -OCH3 is 1. The van der Waals surface area contributed by atoms with Crippen LogP contribution in [0.5, 0.6) is 0 Å². The molecule has 0 saturated carbocycles. The van der Waals surface area contributed by atoms with Gasteiger partial charge in [0.05, 0.1) is 12.5 Å². The van der Waals surface area contributed by atoms with Crippen LogP contribution < -0.4 is 5.73 Å². The van der Waals surface area contributed by atoms with Crippen molar-refractivity contribution < 1.29 is 9.53 Å². The van der Waals surface area contributed by atoms with Crippen molar-refractivity contribution in [2.45, 2.75) is 19.9 Å². The molecule has 1 aromatic carbocycles. The molecule has 1 rings (SSSR count). The molecule has 0 fully saturated rings. The maximum atomic E-state index is 11.6. The molecule has 0 spiro atoms. The average molecular weight is 313 g/mol. The van der Waals surface area contributed by atoms with Gasteiger partial charge in [-0.15, -0.1) is 12.4 Å². The van der Waals surface area contributed by atoms with Crippen molar-refractivity contribution in [1.29, 1.82) is 0 Å². The Bertz CT molecular complexity index is 415. The zero-order chi connectivity index (χ0) is 13.2. The Labute approximate surface area is 123 Å². The fourth-order valence-corrected chi connectivity index (χ4v) is 2.10. The largest absolute Gasteiger partial charge is 0.469 e. The fraction of sp³-hybridized carbons (Fsp3) is 0.417. The van der Waals surface area contributed by atoms with Crippen molar-refractivity contribution in [1.82, 2.24) is 0 Å². The average Bonchev–Trinajstić information content (AvgIpc) is 2.25. The molecule has 0 aliphatic carbocycles. The summed E-state index contributed by atoms with van der Waals surface area (Å²) < 4.78 is 4.73. The standard InChI is InChI=1S/C12H15Cl2NO2.ClH/c1-12(2,11(16)17-3)10(15)7-4-8(13)6-9(14)5-7;/h4-6,10H,15H2,1-3H3;1H/t10-;/m0./s1. The molecule has 1 aromatic rings. The lowest BCUT2D eigenvalue weighted by Gasteiger charge is -2.29. The monoisotopic (exact) mass is 311 g/mol. The predicted molar refractivity (Wildman–Crippen MR) is 76.4 cm³/mol. The number of hydrogen-bond donors (Lipinski definition) is 1. The van der Waals surface area contributed by atoms with Gasteiger partial charge in [-0.2, -0.15) is 0 Å². The summed E-state index contributed by atoms with van der Waals surface area (Å²) in [6.07, 6.45) is 0. The number of carbonyl (C=O) groups excluding carboxylic acids is 1. The van der Waals surface area contributed by atoms with E-state index in [1.807, 2.05) is 0 Å². The fourth-order valence-electron chi connectivity index (χ4n) is 1.56. The van der Waals surface area contributed by atoms with Gasteiger partial charge in [0.15, 0.2) is 0 Å². The zero-order valence-electron chi connectivity index (χ0n) is 10.4. The molecule has 0 aromatic heterocycles. The van der Waals surface area contributed by atoms with Gasteiger partial charge in [-0.1, -0.05) is 23.2 Å². The normalized spacial score (nSPS) is 12.6. The Hall–Kier alpha value is -0.480. The maximum Gasteiger partial charge on any atom is 0.313 e. The second kappa shape index (κ2) is 6.62.